The maximum absolute atomic E-state index is 12.1. The number of nitrogens with one attached hydrogen (secondary N) is 1. The van der Waals surface area contributed by atoms with Crippen LogP contribution in [0.3, 0.4) is 0 Å². The van der Waals surface area contributed by atoms with Gasteiger partial charge in [-0.2, -0.15) is 11.8 Å². The van der Waals surface area contributed by atoms with Crippen LogP contribution in [0.25, 0.3) is 0 Å². The van der Waals surface area contributed by atoms with Crippen LogP contribution in [-0.4, -0.2) is 42.0 Å². The summed E-state index contributed by atoms with van der Waals surface area (Å²) in [4.78, 5) is 14.4. The van der Waals surface area contributed by atoms with Crippen LogP contribution in [0.2, 0.25) is 0 Å². The fourth-order valence-corrected chi connectivity index (χ4v) is 5.28. The van der Waals surface area contributed by atoms with E-state index >= 15 is 0 Å². The van der Waals surface area contributed by atoms with E-state index in [0.717, 1.165) is 35.7 Å². The first-order valence-electron chi connectivity index (χ1n) is 5.27. The van der Waals surface area contributed by atoms with Crippen LogP contribution in [0.15, 0.2) is 9.72 Å². The standard InChI is InChI=1S/C9H12N2O4S3/c12-8(13)7-9(17-5-10-7)18(14,15)11-6-2-1-3-16-4-6/h5-6,11H,1-4H2,(H,12,13). The van der Waals surface area contributed by atoms with Crippen LogP contribution < -0.4 is 4.72 Å². The van der Waals surface area contributed by atoms with Crippen molar-refractivity contribution in [1.82, 2.24) is 9.71 Å². The van der Waals surface area contributed by atoms with Crippen molar-refractivity contribution in [3.8, 4) is 0 Å². The first-order valence-corrected chi connectivity index (χ1v) is 8.79. The maximum atomic E-state index is 12.1. The maximum Gasteiger partial charge on any atom is 0.356 e. The molecule has 18 heavy (non-hydrogen) atoms. The monoisotopic (exact) mass is 308 g/mol. The van der Waals surface area contributed by atoms with E-state index in [1.54, 1.807) is 11.8 Å². The summed E-state index contributed by atoms with van der Waals surface area (Å²) in [5, 5.41) is 8.87. The van der Waals surface area contributed by atoms with Gasteiger partial charge in [-0.1, -0.05) is 0 Å². The van der Waals surface area contributed by atoms with E-state index in [4.69, 9.17) is 5.11 Å². The highest BCUT2D eigenvalue weighted by Crippen LogP contribution is 2.23. The molecule has 1 aromatic heterocycles. The molecule has 2 N–H and O–H groups in total. The second kappa shape index (κ2) is 5.55. The highest BCUT2D eigenvalue weighted by Gasteiger charge is 2.28. The number of rotatable bonds is 4. The van der Waals surface area contributed by atoms with E-state index in [9.17, 15) is 13.2 Å². The van der Waals surface area contributed by atoms with E-state index in [0.29, 0.717) is 0 Å². The molecule has 100 valence electrons. The molecule has 0 aliphatic carbocycles. The molecule has 9 heteroatoms. The Morgan fingerprint density at radius 3 is 2.94 bits per heavy atom. The smallest absolute Gasteiger partial charge is 0.356 e. The fourth-order valence-electron chi connectivity index (χ4n) is 1.68. The molecule has 6 nitrogen and oxygen atoms in total. The molecular formula is C9H12N2O4S3. The van der Waals surface area contributed by atoms with Gasteiger partial charge in [0.05, 0.1) is 5.51 Å². The molecule has 2 rings (SSSR count). The fraction of sp³-hybridized carbons (Fsp3) is 0.556. The van der Waals surface area contributed by atoms with Gasteiger partial charge in [-0.3, -0.25) is 0 Å². The number of thioether (sulfide) groups is 1. The minimum atomic E-state index is -3.78. The summed E-state index contributed by atoms with van der Waals surface area (Å²) in [6.45, 7) is 0. The van der Waals surface area contributed by atoms with Gasteiger partial charge in [-0.15, -0.1) is 11.3 Å². The number of hydrogen-bond acceptors (Lipinski definition) is 6. The zero-order valence-electron chi connectivity index (χ0n) is 9.33. The van der Waals surface area contributed by atoms with Crippen molar-refractivity contribution in [2.24, 2.45) is 0 Å². The average molecular weight is 308 g/mol. The van der Waals surface area contributed by atoms with Gasteiger partial charge in [0.2, 0.25) is 0 Å². The number of hydrogen-bond donors (Lipinski definition) is 2. The number of aromatic carboxylic acids is 1. The second-order valence-corrected chi connectivity index (χ2v) is 7.74. The largest absolute Gasteiger partial charge is 0.476 e. The topological polar surface area (TPSA) is 96.4 Å². The minimum absolute atomic E-state index is 0.127. The van der Waals surface area contributed by atoms with Crippen LogP contribution in [0.1, 0.15) is 23.3 Å². The summed E-state index contributed by atoms with van der Waals surface area (Å²) in [5.41, 5.74) is 0.823. The van der Waals surface area contributed by atoms with E-state index in [1.165, 1.54) is 5.51 Å². The molecule has 1 saturated heterocycles. The molecule has 1 aromatic rings. The Labute approximate surface area is 113 Å². The average Bonchev–Trinajstić information content (AvgIpc) is 2.79. The number of aromatic nitrogens is 1. The van der Waals surface area contributed by atoms with Crippen LogP contribution in [0.5, 0.6) is 0 Å². The van der Waals surface area contributed by atoms with E-state index in [2.05, 4.69) is 9.71 Å². The summed E-state index contributed by atoms with van der Waals surface area (Å²) in [6.07, 6.45) is 1.75. The predicted octanol–water partition coefficient (Wildman–Crippen LogP) is 1.02. The lowest BCUT2D eigenvalue weighted by Crippen LogP contribution is -2.38. The molecule has 1 atom stereocenters. The number of thiazole rings is 1. The Morgan fingerprint density at radius 2 is 2.33 bits per heavy atom. The summed E-state index contributed by atoms with van der Waals surface area (Å²) < 4.78 is 26.5. The van der Waals surface area contributed by atoms with Crippen LogP contribution >= 0.6 is 23.1 Å². The minimum Gasteiger partial charge on any atom is -0.476 e. The highest BCUT2D eigenvalue weighted by atomic mass is 32.2. The number of sulfonamides is 1. The van der Waals surface area contributed by atoms with Gasteiger partial charge >= 0.3 is 5.97 Å². The van der Waals surface area contributed by atoms with Crippen molar-refractivity contribution in [3.63, 3.8) is 0 Å². The van der Waals surface area contributed by atoms with Gasteiger partial charge in [-0.25, -0.2) is 22.9 Å². The predicted molar refractivity (Wildman–Crippen MR) is 69.7 cm³/mol. The van der Waals surface area contributed by atoms with Gasteiger partial charge in [0.25, 0.3) is 10.0 Å². The van der Waals surface area contributed by atoms with Crippen molar-refractivity contribution >= 4 is 39.1 Å². The third-order valence-corrected chi connectivity index (χ3v) is 6.57. The molecule has 0 amide bonds. The van der Waals surface area contributed by atoms with Crippen molar-refractivity contribution < 1.29 is 18.3 Å². The zero-order valence-corrected chi connectivity index (χ0v) is 11.8. The van der Waals surface area contributed by atoms with Gasteiger partial charge in [-0.05, 0) is 18.6 Å². The Morgan fingerprint density at radius 1 is 1.56 bits per heavy atom. The zero-order chi connectivity index (χ0) is 13.2. The number of carbonyl (C=O) groups is 1. The molecule has 0 bridgehead atoms. The summed E-state index contributed by atoms with van der Waals surface area (Å²) >= 11 is 2.52. The van der Waals surface area contributed by atoms with Gasteiger partial charge in [0.15, 0.2) is 9.90 Å². The first kappa shape index (κ1) is 13.8. The molecule has 1 aliphatic rings. The Bertz CT molecular complexity index is 534. The molecule has 0 saturated carbocycles. The third kappa shape index (κ3) is 3.02. The van der Waals surface area contributed by atoms with Crippen molar-refractivity contribution in [3.05, 3.63) is 11.2 Å². The lowest BCUT2D eigenvalue weighted by molar-refractivity contribution is 0.0687. The molecule has 1 fully saturated rings. The highest BCUT2D eigenvalue weighted by molar-refractivity contribution is 7.99. The lowest BCUT2D eigenvalue weighted by Gasteiger charge is -2.21. The number of carboxylic acid groups (broad SMARTS) is 1. The normalized spacial score (nSPS) is 20.8. The summed E-state index contributed by atoms with van der Waals surface area (Å²) in [7, 11) is -3.78. The number of carboxylic acids is 1. The quantitative estimate of drug-likeness (QED) is 0.862. The van der Waals surface area contributed by atoms with Crippen molar-refractivity contribution in [2.75, 3.05) is 11.5 Å². The van der Waals surface area contributed by atoms with Gasteiger partial charge in [0, 0.05) is 11.8 Å². The van der Waals surface area contributed by atoms with Gasteiger partial charge in [0.1, 0.15) is 0 Å². The Balaban J connectivity index is 2.19. The molecular weight excluding hydrogens is 296 g/mol. The van der Waals surface area contributed by atoms with Crippen molar-refractivity contribution in [1.29, 1.82) is 0 Å². The molecule has 0 aromatic carbocycles. The second-order valence-electron chi connectivity index (χ2n) is 3.83. The van der Waals surface area contributed by atoms with Crippen molar-refractivity contribution in [2.45, 2.75) is 23.1 Å². The van der Waals surface area contributed by atoms with E-state index in [-0.39, 0.29) is 10.3 Å². The summed E-state index contributed by atoms with van der Waals surface area (Å²) in [5.74, 6) is 0.439. The van der Waals surface area contributed by atoms with E-state index in [1.807, 2.05) is 0 Å². The molecule has 0 spiro atoms. The SMILES string of the molecule is O=C(O)c1ncsc1S(=O)(=O)NC1CCCSC1. The molecule has 1 unspecified atom stereocenters. The molecule has 2 heterocycles. The Kier molecular flexibility index (Phi) is 4.25. The molecule has 0 radical (unpaired) electrons. The third-order valence-electron chi connectivity index (χ3n) is 2.46. The summed E-state index contributed by atoms with van der Waals surface area (Å²) in [6, 6.07) is -0.127. The first-order chi connectivity index (χ1) is 8.50. The van der Waals surface area contributed by atoms with E-state index < -0.39 is 21.7 Å². The van der Waals surface area contributed by atoms with Gasteiger partial charge < -0.3 is 5.11 Å². The van der Waals surface area contributed by atoms with Crippen LogP contribution in [-0.2, 0) is 10.0 Å². The number of nitrogens with zero attached hydrogens (tertiary/aromatic N) is 1. The van der Waals surface area contributed by atoms with Crippen LogP contribution in [0, 0.1) is 0 Å². The van der Waals surface area contributed by atoms with Crippen LogP contribution in [0.4, 0.5) is 0 Å². The lowest BCUT2D eigenvalue weighted by atomic mass is 10.2. The Hall–Kier alpha value is -0.640. The molecule has 1 aliphatic heterocycles.